The van der Waals surface area contributed by atoms with Crippen molar-refractivity contribution in [1.82, 2.24) is 15.5 Å². The lowest BCUT2D eigenvalue weighted by Gasteiger charge is -2.29. The number of hydrogen-bond acceptors (Lipinski definition) is 5. The van der Waals surface area contributed by atoms with Crippen molar-refractivity contribution in [1.29, 1.82) is 0 Å². The van der Waals surface area contributed by atoms with E-state index in [1.807, 2.05) is 13.8 Å². The normalized spacial score (nSPS) is 12.2. The van der Waals surface area contributed by atoms with Crippen molar-refractivity contribution in [2.75, 3.05) is 13.1 Å². The minimum absolute atomic E-state index is 0.116. The van der Waals surface area contributed by atoms with E-state index in [9.17, 15) is 19.6 Å². The Morgan fingerprint density at radius 3 is 2.27 bits per heavy atom. The topological polar surface area (TPSA) is 99.2 Å². The Balaban J connectivity index is 5.03. The Morgan fingerprint density at radius 1 is 1.15 bits per heavy atom. The van der Waals surface area contributed by atoms with Gasteiger partial charge in [-0.25, -0.2) is 14.9 Å². The van der Waals surface area contributed by atoms with Crippen molar-refractivity contribution in [3.8, 4) is 0 Å². The molecule has 152 valence electrons. The Bertz CT molecular complexity index is 437. The number of hydrogen-bond donors (Lipinski definition) is 2. The molecule has 0 aliphatic carbocycles. The molecule has 3 amide bonds. The second-order valence-corrected chi connectivity index (χ2v) is 7.38. The van der Waals surface area contributed by atoms with E-state index in [1.54, 1.807) is 20.8 Å². The number of ether oxygens (including phenoxy) is 1. The zero-order valence-corrected chi connectivity index (χ0v) is 16.8. The van der Waals surface area contributed by atoms with E-state index in [2.05, 4.69) is 5.43 Å². The van der Waals surface area contributed by atoms with Crippen LogP contribution in [0.15, 0.2) is 0 Å². The van der Waals surface area contributed by atoms with Crippen LogP contribution in [0.4, 0.5) is 4.79 Å². The summed E-state index contributed by atoms with van der Waals surface area (Å²) in [4.78, 5) is 35.6. The lowest BCUT2D eigenvalue weighted by atomic mass is 10.0. The van der Waals surface area contributed by atoms with Crippen molar-refractivity contribution in [3.05, 3.63) is 0 Å². The Labute approximate surface area is 156 Å². The molecule has 8 nitrogen and oxygen atoms in total. The van der Waals surface area contributed by atoms with Crippen molar-refractivity contribution in [2.45, 2.75) is 78.7 Å². The molecule has 0 aliphatic rings. The van der Waals surface area contributed by atoms with Crippen LogP contribution in [0, 0.1) is 5.92 Å². The van der Waals surface area contributed by atoms with E-state index in [0.29, 0.717) is 24.4 Å². The van der Waals surface area contributed by atoms with E-state index in [-0.39, 0.29) is 13.0 Å². The molecule has 0 aromatic carbocycles. The number of nitrogens with one attached hydrogen (secondary N) is 1. The number of amides is 3. The second kappa shape index (κ2) is 12.5. The van der Waals surface area contributed by atoms with Gasteiger partial charge in [-0.2, -0.15) is 0 Å². The molecule has 0 aliphatic heterocycles. The second-order valence-electron chi connectivity index (χ2n) is 7.38. The first kappa shape index (κ1) is 24.2. The minimum Gasteiger partial charge on any atom is -0.442 e. The molecule has 2 N–H and O–H groups in total. The number of carbonyl (C=O) groups is 3. The first-order valence-electron chi connectivity index (χ1n) is 9.36. The van der Waals surface area contributed by atoms with Gasteiger partial charge < -0.3 is 4.74 Å². The smallest absolute Gasteiger partial charge is 0.429 e. The Morgan fingerprint density at radius 2 is 1.77 bits per heavy atom. The van der Waals surface area contributed by atoms with Crippen molar-refractivity contribution >= 4 is 18.4 Å². The number of hydroxylamine groups is 2. The van der Waals surface area contributed by atoms with Gasteiger partial charge in [-0.1, -0.05) is 39.5 Å². The first-order valence-corrected chi connectivity index (χ1v) is 9.36. The summed E-state index contributed by atoms with van der Waals surface area (Å²) in [5, 5.41) is 11.1. The van der Waals surface area contributed by atoms with Crippen LogP contribution in [0.1, 0.15) is 73.1 Å². The highest BCUT2D eigenvalue weighted by molar-refractivity contribution is 5.81. The van der Waals surface area contributed by atoms with Gasteiger partial charge in [0.05, 0.1) is 12.5 Å². The van der Waals surface area contributed by atoms with Gasteiger partial charge in [0, 0.05) is 6.54 Å². The number of rotatable bonds is 11. The van der Waals surface area contributed by atoms with E-state index in [4.69, 9.17) is 4.74 Å². The lowest BCUT2D eigenvalue weighted by molar-refractivity contribution is -0.155. The van der Waals surface area contributed by atoms with Crippen LogP contribution in [0.5, 0.6) is 0 Å². The molecule has 1 atom stereocenters. The summed E-state index contributed by atoms with van der Waals surface area (Å²) < 4.78 is 5.33. The van der Waals surface area contributed by atoms with E-state index < -0.39 is 23.5 Å². The van der Waals surface area contributed by atoms with Gasteiger partial charge in [0.15, 0.2) is 0 Å². The maximum Gasteiger partial charge on any atom is 0.429 e. The van der Waals surface area contributed by atoms with Gasteiger partial charge in [-0.15, -0.1) is 0 Å². The average molecular weight is 373 g/mol. The Hall–Kier alpha value is -1.83. The third-order valence-corrected chi connectivity index (χ3v) is 3.65. The van der Waals surface area contributed by atoms with E-state index in [1.165, 1.54) is 5.01 Å². The monoisotopic (exact) mass is 373 g/mol. The predicted molar refractivity (Wildman–Crippen MR) is 98.2 cm³/mol. The number of nitrogens with zero attached hydrogens (tertiary/aromatic N) is 2. The van der Waals surface area contributed by atoms with Crippen LogP contribution < -0.4 is 5.43 Å². The summed E-state index contributed by atoms with van der Waals surface area (Å²) in [6.07, 6.45) is 4.45. The molecule has 0 heterocycles. The van der Waals surface area contributed by atoms with Crippen LogP contribution in [-0.4, -0.2) is 52.4 Å². The fourth-order valence-corrected chi connectivity index (χ4v) is 2.27. The highest BCUT2D eigenvalue weighted by atomic mass is 16.6. The van der Waals surface area contributed by atoms with Crippen LogP contribution in [-0.2, 0) is 14.3 Å². The van der Waals surface area contributed by atoms with Crippen molar-refractivity contribution in [3.63, 3.8) is 0 Å². The predicted octanol–water partition coefficient (Wildman–Crippen LogP) is 3.10. The van der Waals surface area contributed by atoms with Crippen LogP contribution in [0.25, 0.3) is 0 Å². The molecule has 0 bridgehead atoms. The average Bonchev–Trinajstić information content (AvgIpc) is 2.55. The molecule has 8 heteroatoms. The van der Waals surface area contributed by atoms with Gasteiger partial charge in [0.2, 0.25) is 12.3 Å². The molecule has 0 saturated heterocycles. The van der Waals surface area contributed by atoms with Crippen molar-refractivity contribution in [2.24, 2.45) is 5.92 Å². The largest absolute Gasteiger partial charge is 0.442 e. The molecule has 0 aromatic heterocycles. The zero-order valence-electron chi connectivity index (χ0n) is 16.8. The highest BCUT2D eigenvalue weighted by Crippen LogP contribution is 2.13. The maximum absolute atomic E-state index is 12.6. The summed E-state index contributed by atoms with van der Waals surface area (Å²) in [5.74, 6) is -1.02. The standard InChI is InChI=1S/C18H35N3O5/c1-6-8-10-11-15(13-20(25)14-22)16(23)19-21(12-9-7-2)17(24)26-18(3,4)5/h14-15,25H,6-13H2,1-5H3,(H,19,23)/t15-/m0/s1. The fourth-order valence-electron chi connectivity index (χ4n) is 2.27. The molecule has 0 radical (unpaired) electrons. The number of unbranched alkanes of at least 4 members (excludes halogenated alkanes) is 3. The molecule has 0 saturated carbocycles. The third-order valence-electron chi connectivity index (χ3n) is 3.65. The number of carbonyl (C=O) groups excluding carboxylic acids is 3. The molecule has 0 aromatic rings. The summed E-state index contributed by atoms with van der Waals surface area (Å²) in [5.41, 5.74) is 1.92. The van der Waals surface area contributed by atoms with Crippen molar-refractivity contribution < 1.29 is 24.3 Å². The molecular weight excluding hydrogens is 338 g/mol. The summed E-state index contributed by atoms with van der Waals surface area (Å²) in [7, 11) is 0. The molecule has 0 rings (SSSR count). The van der Waals surface area contributed by atoms with Gasteiger partial charge in [0.1, 0.15) is 5.60 Å². The van der Waals surface area contributed by atoms with Gasteiger partial charge in [-0.05, 0) is 33.6 Å². The van der Waals surface area contributed by atoms with Gasteiger partial charge in [-0.3, -0.25) is 20.2 Å². The quantitative estimate of drug-likeness (QED) is 0.251. The zero-order chi connectivity index (χ0) is 20.2. The SMILES string of the molecule is CCCCC[C@@H](CN(O)C=O)C(=O)NN(CCCC)C(=O)OC(C)(C)C. The summed E-state index contributed by atoms with van der Waals surface area (Å²) in [6.45, 7) is 9.51. The number of hydrazine groups is 1. The molecule has 0 unspecified atom stereocenters. The molecular formula is C18H35N3O5. The third kappa shape index (κ3) is 10.9. The Kier molecular flexibility index (Phi) is 11.6. The van der Waals surface area contributed by atoms with E-state index in [0.717, 1.165) is 25.7 Å². The maximum atomic E-state index is 12.6. The van der Waals surface area contributed by atoms with E-state index >= 15 is 0 Å². The van der Waals surface area contributed by atoms with Crippen LogP contribution in [0.3, 0.4) is 0 Å². The first-order chi connectivity index (χ1) is 12.1. The van der Waals surface area contributed by atoms with Gasteiger partial charge >= 0.3 is 6.09 Å². The molecule has 26 heavy (non-hydrogen) atoms. The molecule has 0 fully saturated rings. The van der Waals surface area contributed by atoms with Gasteiger partial charge in [0.25, 0.3) is 0 Å². The summed E-state index contributed by atoms with van der Waals surface area (Å²) in [6, 6.07) is 0. The molecule has 0 spiro atoms. The lowest BCUT2D eigenvalue weighted by Crippen LogP contribution is -2.51. The van der Waals surface area contributed by atoms with Crippen LogP contribution in [0.2, 0.25) is 0 Å². The fraction of sp³-hybridized carbons (Fsp3) is 0.833. The van der Waals surface area contributed by atoms with Crippen LogP contribution >= 0.6 is 0 Å². The summed E-state index contributed by atoms with van der Waals surface area (Å²) >= 11 is 0. The highest BCUT2D eigenvalue weighted by Gasteiger charge is 2.27. The minimum atomic E-state index is -0.674.